The van der Waals surface area contributed by atoms with Crippen LogP contribution in [0.3, 0.4) is 0 Å². The molecule has 0 saturated carbocycles. The molecule has 9 nitrogen and oxygen atoms in total. The fourth-order valence-corrected chi connectivity index (χ4v) is 5.28. The Morgan fingerprint density at radius 2 is 1.74 bits per heavy atom. The molecule has 2 aliphatic rings. The van der Waals surface area contributed by atoms with E-state index >= 15 is 0 Å². The number of anilines is 1. The van der Waals surface area contributed by atoms with Crippen LogP contribution >= 0.6 is 11.3 Å². The lowest BCUT2D eigenvalue weighted by molar-refractivity contribution is -0.132. The number of fused-ring (bicyclic) bond motifs is 1. The highest BCUT2D eigenvalue weighted by Gasteiger charge is 2.48. The van der Waals surface area contributed by atoms with E-state index in [4.69, 9.17) is 14.2 Å². The zero-order valence-electron chi connectivity index (χ0n) is 20.9. The summed E-state index contributed by atoms with van der Waals surface area (Å²) >= 11 is 1.19. The SMILES string of the molecule is Cc1nnc(N2C(=O)C(=O)C(=C(O)c3ccc4c(c3)OCCO4)C2c2ccc(OCc3ccccc3)cc2)s1. The molecule has 1 atom stereocenters. The largest absolute Gasteiger partial charge is 0.507 e. The summed E-state index contributed by atoms with van der Waals surface area (Å²) in [4.78, 5) is 28.0. The molecule has 196 valence electrons. The molecule has 1 unspecified atom stereocenters. The zero-order chi connectivity index (χ0) is 26.9. The third-order valence-electron chi connectivity index (χ3n) is 6.43. The molecule has 1 N–H and O–H groups in total. The molecule has 1 saturated heterocycles. The third kappa shape index (κ3) is 4.70. The minimum atomic E-state index is -0.922. The van der Waals surface area contributed by atoms with Crippen LogP contribution in [0.5, 0.6) is 17.2 Å². The van der Waals surface area contributed by atoms with Crippen molar-refractivity contribution in [1.82, 2.24) is 10.2 Å². The van der Waals surface area contributed by atoms with Gasteiger partial charge in [-0.2, -0.15) is 0 Å². The number of aryl methyl sites for hydroxylation is 1. The average Bonchev–Trinajstić information content (AvgIpc) is 3.51. The van der Waals surface area contributed by atoms with E-state index in [1.54, 1.807) is 49.4 Å². The number of benzene rings is 3. The fraction of sp³-hybridized carbons (Fsp3) is 0.172. The van der Waals surface area contributed by atoms with Gasteiger partial charge in [0.25, 0.3) is 5.78 Å². The van der Waals surface area contributed by atoms with Gasteiger partial charge in [-0.15, -0.1) is 10.2 Å². The maximum absolute atomic E-state index is 13.4. The van der Waals surface area contributed by atoms with E-state index < -0.39 is 17.7 Å². The Balaban J connectivity index is 1.39. The van der Waals surface area contributed by atoms with Gasteiger partial charge in [-0.1, -0.05) is 53.8 Å². The normalized spacial score (nSPS) is 17.9. The number of Topliss-reactive ketones (excluding diaryl/α,β-unsaturated/α-hetero) is 1. The van der Waals surface area contributed by atoms with Gasteiger partial charge in [0.2, 0.25) is 5.13 Å². The minimum Gasteiger partial charge on any atom is -0.507 e. The number of aliphatic hydroxyl groups excluding tert-OH is 1. The Morgan fingerprint density at radius 1 is 1.00 bits per heavy atom. The predicted octanol–water partition coefficient (Wildman–Crippen LogP) is 4.82. The van der Waals surface area contributed by atoms with Crippen LogP contribution in [0.25, 0.3) is 5.76 Å². The molecule has 1 amide bonds. The van der Waals surface area contributed by atoms with E-state index in [1.807, 2.05) is 30.3 Å². The Bertz CT molecular complexity index is 1580. The quantitative estimate of drug-likeness (QED) is 0.210. The lowest BCUT2D eigenvalue weighted by atomic mass is 9.95. The number of carbonyl (C=O) groups excluding carboxylic acids is 2. The van der Waals surface area contributed by atoms with Crippen LogP contribution in [0, 0.1) is 6.92 Å². The first kappa shape index (κ1) is 24.6. The van der Waals surface area contributed by atoms with E-state index in [0.717, 1.165) is 5.56 Å². The minimum absolute atomic E-state index is 0.0533. The fourth-order valence-electron chi connectivity index (χ4n) is 4.56. The Kier molecular flexibility index (Phi) is 6.45. The van der Waals surface area contributed by atoms with Crippen LogP contribution < -0.4 is 19.1 Å². The standard InChI is InChI=1S/C29H23N3O6S/c1-17-30-31-29(39-17)32-25(19-7-10-21(11-8-19)38-16-18-5-3-2-4-6-18)24(27(34)28(32)35)26(33)20-9-12-22-23(15-20)37-14-13-36-22/h2-12,15,25,33H,13-14,16H2,1H3. The summed E-state index contributed by atoms with van der Waals surface area (Å²) in [5.74, 6) is -0.299. The number of aromatic nitrogens is 2. The summed E-state index contributed by atoms with van der Waals surface area (Å²) in [6.45, 7) is 2.96. The topological polar surface area (TPSA) is 111 Å². The number of hydrogen-bond acceptors (Lipinski definition) is 9. The van der Waals surface area contributed by atoms with Crippen molar-refractivity contribution in [2.75, 3.05) is 18.1 Å². The monoisotopic (exact) mass is 541 g/mol. The maximum Gasteiger partial charge on any atom is 0.301 e. The number of nitrogens with zero attached hydrogens (tertiary/aromatic N) is 3. The molecule has 6 rings (SSSR count). The molecule has 3 heterocycles. The van der Waals surface area contributed by atoms with Crippen molar-refractivity contribution in [3.05, 3.63) is 100 Å². The van der Waals surface area contributed by atoms with Crippen molar-refractivity contribution < 1.29 is 28.9 Å². The molecule has 4 aromatic rings. The lowest BCUT2D eigenvalue weighted by Gasteiger charge is -2.23. The van der Waals surface area contributed by atoms with Crippen molar-refractivity contribution in [1.29, 1.82) is 0 Å². The van der Waals surface area contributed by atoms with Gasteiger partial charge >= 0.3 is 5.91 Å². The van der Waals surface area contributed by atoms with Crippen LogP contribution in [0.4, 0.5) is 5.13 Å². The van der Waals surface area contributed by atoms with Gasteiger partial charge in [0, 0.05) is 5.56 Å². The van der Waals surface area contributed by atoms with Crippen molar-refractivity contribution in [2.24, 2.45) is 0 Å². The molecule has 0 radical (unpaired) electrons. The van der Waals surface area contributed by atoms with Crippen LogP contribution in [-0.2, 0) is 16.2 Å². The van der Waals surface area contributed by atoms with E-state index in [2.05, 4.69) is 10.2 Å². The molecule has 0 aliphatic carbocycles. The van der Waals surface area contributed by atoms with Crippen molar-refractivity contribution in [2.45, 2.75) is 19.6 Å². The molecule has 2 aliphatic heterocycles. The first-order chi connectivity index (χ1) is 19.0. The number of rotatable bonds is 6. The second kappa shape index (κ2) is 10.2. The molecule has 0 spiro atoms. The Morgan fingerprint density at radius 3 is 2.46 bits per heavy atom. The summed E-state index contributed by atoms with van der Waals surface area (Å²) in [7, 11) is 0. The van der Waals surface area contributed by atoms with Crippen molar-refractivity contribution >= 4 is 33.9 Å². The highest BCUT2D eigenvalue weighted by atomic mass is 32.1. The van der Waals surface area contributed by atoms with E-state index in [1.165, 1.54) is 16.2 Å². The van der Waals surface area contributed by atoms with E-state index in [9.17, 15) is 14.7 Å². The lowest BCUT2D eigenvalue weighted by Crippen LogP contribution is -2.29. The van der Waals surface area contributed by atoms with Crippen LogP contribution in [0.2, 0.25) is 0 Å². The highest BCUT2D eigenvalue weighted by molar-refractivity contribution is 7.15. The molecule has 0 bridgehead atoms. The van der Waals surface area contributed by atoms with Crippen LogP contribution in [-0.4, -0.2) is 40.2 Å². The average molecular weight is 542 g/mol. The molecular formula is C29H23N3O6S. The number of hydrogen-bond donors (Lipinski definition) is 1. The summed E-state index contributed by atoms with van der Waals surface area (Å²) in [5.41, 5.74) is 1.91. The first-order valence-corrected chi connectivity index (χ1v) is 13.1. The summed E-state index contributed by atoms with van der Waals surface area (Å²) in [6.07, 6.45) is 0. The van der Waals surface area contributed by atoms with Crippen molar-refractivity contribution in [3.63, 3.8) is 0 Å². The Labute approximate surface area is 227 Å². The summed E-state index contributed by atoms with van der Waals surface area (Å²) < 4.78 is 17.1. The third-order valence-corrected chi connectivity index (χ3v) is 7.26. The summed E-state index contributed by atoms with van der Waals surface area (Å²) in [6, 6.07) is 20.9. The number of ketones is 1. The predicted molar refractivity (Wildman–Crippen MR) is 144 cm³/mol. The maximum atomic E-state index is 13.4. The molecule has 39 heavy (non-hydrogen) atoms. The molecule has 10 heteroatoms. The van der Waals surface area contributed by atoms with Gasteiger partial charge in [0.1, 0.15) is 36.3 Å². The second-order valence-corrected chi connectivity index (χ2v) is 10.1. The van der Waals surface area contributed by atoms with E-state index in [0.29, 0.717) is 53.2 Å². The number of aliphatic hydroxyl groups is 1. The molecule has 1 fully saturated rings. The number of ether oxygens (including phenoxy) is 3. The smallest absolute Gasteiger partial charge is 0.301 e. The molecular weight excluding hydrogens is 518 g/mol. The summed E-state index contributed by atoms with van der Waals surface area (Å²) in [5, 5.41) is 20.5. The van der Waals surface area contributed by atoms with E-state index in [-0.39, 0.29) is 16.5 Å². The first-order valence-electron chi connectivity index (χ1n) is 12.3. The van der Waals surface area contributed by atoms with Gasteiger partial charge in [0.15, 0.2) is 11.5 Å². The Hall–Kier alpha value is -4.70. The highest BCUT2D eigenvalue weighted by Crippen LogP contribution is 2.44. The van der Waals surface area contributed by atoms with Crippen LogP contribution in [0.15, 0.2) is 78.4 Å². The molecule has 3 aromatic carbocycles. The zero-order valence-corrected chi connectivity index (χ0v) is 21.7. The molecule has 1 aromatic heterocycles. The van der Waals surface area contributed by atoms with Crippen LogP contribution in [0.1, 0.15) is 27.7 Å². The number of carbonyl (C=O) groups is 2. The van der Waals surface area contributed by atoms with Gasteiger partial charge in [-0.25, -0.2) is 0 Å². The van der Waals surface area contributed by atoms with Crippen molar-refractivity contribution in [3.8, 4) is 17.2 Å². The van der Waals surface area contributed by atoms with Gasteiger partial charge in [-0.05, 0) is 48.4 Å². The second-order valence-electron chi connectivity index (χ2n) is 8.97. The van der Waals surface area contributed by atoms with Gasteiger partial charge in [0.05, 0.1) is 11.6 Å². The van der Waals surface area contributed by atoms with Gasteiger partial charge in [-0.3, -0.25) is 14.5 Å². The number of amides is 1. The van der Waals surface area contributed by atoms with Gasteiger partial charge < -0.3 is 19.3 Å².